The summed E-state index contributed by atoms with van der Waals surface area (Å²) in [6.45, 7) is 1.11. The van der Waals surface area contributed by atoms with Crippen LogP contribution in [0.25, 0.3) is 0 Å². The summed E-state index contributed by atoms with van der Waals surface area (Å²) in [6.07, 6.45) is 1.70. The van der Waals surface area contributed by atoms with Crippen LogP contribution in [0, 0.1) is 0 Å². The fraction of sp³-hybridized carbons (Fsp3) is 0.375. The van der Waals surface area contributed by atoms with E-state index in [1.54, 1.807) is 23.9 Å². The molecule has 0 aliphatic carbocycles. The highest BCUT2D eigenvalue weighted by Crippen LogP contribution is 1.99. The number of nitrogens with zero attached hydrogens (tertiary/aromatic N) is 1. The second kappa shape index (κ2) is 4.33. The summed E-state index contributed by atoms with van der Waals surface area (Å²) >= 11 is 4.12. The van der Waals surface area contributed by atoms with Crippen LogP contribution in [0.4, 0.5) is 0 Å². The maximum Gasteiger partial charge on any atom is 0.250 e. The first-order valence-electron chi connectivity index (χ1n) is 3.62. The van der Waals surface area contributed by atoms with Gasteiger partial charge in [-0.15, -0.1) is 12.6 Å². The SMILES string of the molecule is COCCn1cc(S)ccc1=O. The minimum atomic E-state index is -0.0233. The average Bonchev–Trinajstić information content (AvgIpc) is 2.07. The highest BCUT2D eigenvalue weighted by molar-refractivity contribution is 7.80. The van der Waals surface area contributed by atoms with Gasteiger partial charge < -0.3 is 9.30 Å². The maximum atomic E-state index is 11.2. The monoisotopic (exact) mass is 185 g/mol. The van der Waals surface area contributed by atoms with Crippen LogP contribution in [-0.4, -0.2) is 18.3 Å². The second-order valence-electron chi connectivity index (χ2n) is 2.41. The molecule has 0 aliphatic rings. The van der Waals surface area contributed by atoms with E-state index in [0.29, 0.717) is 13.2 Å². The molecule has 0 aromatic carbocycles. The molecule has 1 rings (SSSR count). The van der Waals surface area contributed by atoms with Crippen molar-refractivity contribution in [2.24, 2.45) is 0 Å². The summed E-state index contributed by atoms with van der Waals surface area (Å²) in [6, 6.07) is 3.17. The smallest absolute Gasteiger partial charge is 0.250 e. The highest BCUT2D eigenvalue weighted by Gasteiger charge is 1.94. The van der Waals surface area contributed by atoms with E-state index in [1.165, 1.54) is 6.07 Å². The Kier molecular flexibility index (Phi) is 3.37. The third-order valence-electron chi connectivity index (χ3n) is 1.50. The van der Waals surface area contributed by atoms with E-state index in [-0.39, 0.29) is 5.56 Å². The van der Waals surface area contributed by atoms with Crippen LogP contribution in [0.5, 0.6) is 0 Å². The molecule has 66 valence electrons. The predicted octanol–water partition coefficient (Wildman–Crippen LogP) is 0.783. The molecule has 0 bridgehead atoms. The van der Waals surface area contributed by atoms with Gasteiger partial charge in [0, 0.05) is 30.8 Å². The molecule has 4 heteroatoms. The summed E-state index contributed by atoms with van der Waals surface area (Å²) in [5.74, 6) is 0. The molecule has 0 aliphatic heterocycles. The lowest BCUT2D eigenvalue weighted by atomic mass is 10.4. The normalized spacial score (nSPS) is 10.2. The summed E-state index contributed by atoms with van der Waals surface area (Å²) in [5, 5.41) is 0. The first kappa shape index (κ1) is 9.35. The van der Waals surface area contributed by atoms with Gasteiger partial charge in [0.2, 0.25) is 0 Å². The Morgan fingerprint density at radius 2 is 2.33 bits per heavy atom. The van der Waals surface area contributed by atoms with Crippen LogP contribution in [0.3, 0.4) is 0 Å². The minimum Gasteiger partial charge on any atom is -0.383 e. The van der Waals surface area contributed by atoms with E-state index < -0.39 is 0 Å². The molecule has 12 heavy (non-hydrogen) atoms. The van der Waals surface area contributed by atoms with E-state index in [9.17, 15) is 4.79 Å². The van der Waals surface area contributed by atoms with Crippen LogP contribution in [0.2, 0.25) is 0 Å². The van der Waals surface area contributed by atoms with Crippen molar-refractivity contribution >= 4 is 12.6 Å². The van der Waals surface area contributed by atoms with Gasteiger partial charge >= 0.3 is 0 Å². The number of rotatable bonds is 3. The molecule has 3 nitrogen and oxygen atoms in total. The summed E-state index contributed by atoms with van der Waals surface area (Å²) in [4.78, 5) is 11.9. The van der Waals surface area contributed by atoms with Gasteiger partial charge in [0.1, 0.15) is 0 Å². The average molecular weight is 185 g/mol. The largest absolute Gasteiger partial charge is 0.383 e. The molecule has 0 saturated carbocycles. The number of aromatic nitrogens is 1. The fourth-order valence-electron chi connectivity index (χ4n) is 0.883. The zero-order chi connectivity index (χ0) is 8.97. The molecule has 1 heterocycles. The van der Waals surface area contributed by atoms with Crippen molar-refractivity contribution in [1.82, 2.24) is 4.57 Å². The van der Waals surface area contributed by atoms with Crippen molar-refractivity contribution in [3.63, 3.8) is 0 Å². The first-order valence-corrected chi connectivity index (χ1v) is 4.07. The molecule has 0 amide bonds. The summed E-state index contributed by atoms with van der Waals surface area (Å²) < 4.78 is 6.43. The Morgan fingerprint density at radius 3 is 3.00 bits per heavy atom. The summed E-state index contributed by atoms with van der Waals surface area (Å²) in [5.41, 5.74) is -0.0233. The number of pyridine rings is 1. The summed E-state index contributed by atoms with van der Waals surface area (Å²) in [7, 11) is 1.61. The lowest BCUT2D eigenvalue weighted by Crippen LogP contribution is -2.20. The molecule has 1 aromatic heterocycles. The first-order chi connectivity index (χ1) is 5.74. The van der Waals surface area contributed by atoms with Crippen LogP contribution in [-0.2, 0) is 11.3 Å². The Labute approximate surface area is 76.4 Å². The van der Waals surface area contributed by atoms with E-state index in [2.05, 4.69) is 12.6 Å². The third-order valence-corrected chi connectivity index (χ3v) is 1.77. The van der Waals surface area contributed by atoms with Gasteiger partial charge in [0.05, 0.1) is 6.61 Å². The lowest BCUT2D eigenvalue weighted by Gasteiger charge is -2.04. The number of hydrogen-bond acceptors (Lipinski definition) is 3. The quantitative estimate of drug-likeness (QED) is 0.706. The zero-order valence-electron chi connectivity index (χ0n) is 6.86. The van der Waals surface area contributed by atoms with Gasteiger partial charge in [-0.2, -0.15) is 0 Å². The molecular formula is C8H11NO2S. The van der Waals surface area contributed by atoms with Crippen molar-refractivity contribution in [3.8, 4) is 0 Å². The van der Waals surface area contributed by atoms with E-state index >= 15 is 0 Å². The van der Waals surface area contributed by atoms with Crippen LogP contribution in [0.1, 0.15) is 0 Å². The fourth-order valence-corrected chi connectivity index (χ4v) is 1.10. The topological polar surface area (TPSA) is 31.2 Å². The third kappa shape index (κ3) is 2.39. The number of methoxy groups -OCH3 is 1. The van der Waals surface area contributed by atoms with Gasteiger partial charge in [-0.1, -0.05) is 0 Å². The predicted molar refractivity (Wildman–Crippen MR) is 49.8 cm³/mol. The van der Waals surface area contributed by atoms with Crippen molar-refractivity contribution in [3.05, 3.63) is 28.7 Å². The standard InChI is InChI=1S/C8H11NO2S/c1-11-5-4-9-6-7(12)2-3-8(9)10/h2-3,6,12H,4-5H2,1H3. The van der Waals surface area contributed by atoms with Crippen LogP contribution >= 0.6 is 12.6 Å². The molecular weight excluding hydrogens is 174 g/mol. The number of hydrogen-bond donors (Lipinski definition) is 1. The van der Waals surface area contributed by atoms with Crippen molar-refractivity contribution in [1.29, 1.82) is 0 Å². The van der Waals surface area contributed by atoms with Gasteiger partial charge in [-0.3, -0.25) is 4.79 Å². The zero-order valence-corrected chi connectivity index (χ0v) is 7.75. The number of thiol groups is 1. The lowest BCUT2D eigenvalue weighted by molar-refractivity contribution is 0.186. The molecule has 1 aromatic rings. The van der Waals surface area contributed by atoms with E-state index in [4.69, 9.17) is 4.74 Å². The van der Waals surface area contributed by atoms with Crippen molar-refractivity contribution < 1.29 is 4.74 Å². The second-order valence-corrected chi connectivity index (χ2v) is 2.93. The van der Waals surface area contributed by atoms with E-state index in [1.807, 2.05) is 0 Å². The Bertz CT molecular complexity index is 308. The molecule has 0 N–H and O–H groups in total. The van der Waals surface area contributed by atoms with Gasteiger partial charge in [0.25, 0.3) is 5.56 Å². The van der Waals surface area contributed by atoms with Crippen molar-refractivity contribution in [2.45, 2.75) is 11.4 Å². The van der Waals surface area contributed by atoms with Gasteiger partial charge in [-0.25, -0.2) is 0 Å². The molecule has 0 unspecified atom stereocenters. The van der Waals surface area contributed by atoms with Gasteiger partial charge in [0.15, 0.2) is 0 Å². The van der Waals surface area contributed by atoms with Crippen LogP contribution in [0.15, 0.2) is 28.0 Å². The molecule has 0 radical (unpaired) electrons. The Hall–Kier alpha value is -0.740. The molecule has 0 spiro atoms. The van der Waals surface area contributed by atoms with Crippen molar-refractivity contribution in [2.75, 3.05) is 13.7 Å². The molecule has 0 fully saturated rings. The molecule has 0 saturated heterocycles. The highest BCUT2D eigenvalue weighted by atomic mass is 32.1. The Balaban J connectivity index is 2.83. The van der Waals surface area contributed by atoms with E-state index in [0.717, 1.165) is 4.90 Å². The molecule has 0 atom stereocenters. The van der Waals surface area contributed by atoms with Crippen LogP contribution < -0.4 is 5.56 Å². The van der Waals surface area contributed by atoms with Gasteiger partial charge in [-0.05, 0) is 6.07 Å². The number of ether oxygens (including phenoxy) is 1. The maximum absolute atomic E-state index is 11.2. The minimum absolute atomic E-state index is 0.0233. The Morgan fingerprint density at radius 1 is 1.58 bits per heavy atom.